The first-order valence-electron chi connectivity index (χ1n) is 8.24. The zero-order valence-corrected chi connectivity index (χ0v) is 14.3. The lowest BCUT2D eigenvalue weighted by Gasteiger charge is -2.36. The molecule has 2 aliphatic rings. The van der Waals surface area contributed by atoms with E-state index in [4.69, 9.17) is 0 Å². The topological polar surface area (TPSA) is 98.4 Å². The molecule has 1 atom stereocenters. The van der Waals surface area contributed by atoms with Gasteiger partial charge >= 0.3 is 6.03 Å². The Kier molecular flexibility index (Phi) is 4.06. The van der Waals surface area contributed by atoms with Crippen molar-refractivity contribution >= 4 is 17.8 Å². The molecule has 24 heavy (non-hydrogen) atoms. The Bertz CT molecular complexity index is 681. The van der Waals surface area contributed by atoms with Gasteiger partial charge < -0.3 is 10.2 Å². The fourth-order valence-corrected chi connectivity index (χ4v) is 3.41. The van der Waals surface area contributed by atoms with E-state index in [0.29, 0.717) is 6.54 Å². The molecule has 2 fully saturated rings. The van der Waals surface area contributed by atoms with E-state index in [2.05, 4.69) is 15.5 Å². The van der Waals surface area contributed by atoms with Gasteiger partial charge in [-0.15, -0.1) is 0 Å². The second-order valence-corrected chi connectivity index (χ2v) is 7.01. The van der Waals surface area contributed by atoms with Crippen LogP contribution in [0.2, 0.25) is 0 Å². The lowest BCUT2D eigenvalue weighted by molar-refractivity contribution is -0.141. The Balaban J connectivity index is 1.77. The molecule has 3 heterocycles. The second-order valence-electron chi connectivity index (χ2n) is 7.01. The van der Waals surface area contributed by atoms with Crippen molar-refractivity contribution in [2.24, 2.45) is 0 Å². The largest absolute Gasteiger partial charge is 0.333 e. The van der Waals surface area contributed by atoms with Crippen molar-refractivity contribution in [2.75, 3.05) is 13.1 Å². The van der Waals surface area contributed by atoms with Crippen LogP contribution in [0.25, 0.3) is 0 Å². The van der Waals surface area contributed by atoms with E-state index in [9.17, 15) is 14.4 Å². The number of piperidine rings is 1. The third-order valence-corrected chi connectivity index (χ3v) is 4.76. The summed E-state index contributed by atoms with van der Waals surface area (Å²) in [6.07, 6.45) is 4.54. The highest BCUT2D eigenvalue weighted by atomic mass is 16.2. The first kappa shape index (κ1) is 16.5. The molecule has 8 heteroatoms. The number of carbonyl (C=O) groups excluding carboxylic acids is 3. The Morgan fingerprint density at radius 1 is 1.38 bits per heavy atom. The van der Waals surface area contributed by atoms with Crippen molar-refractivity contribution in [1.29, 1.82) is 0 Å². The number of aromatic amines is 1. The molecule has 2 N–H and O–H groups in total. The predicted molar refractivity (Wildman–Crippen MR) is 86.0 cm³/mol. The van der Waals surface area contributed by atoms with E-state index in [1.807, 2.05) is 6.92 Å². The molecule has 0 saturated carbocycles. The molecular formula is C16H23N5O3. The number of likely N-dealkylation sites (tertiary alicyclic amines) is 1. The van der Waals surface area contributed by atoms with E-state index in [1.165, 1.54) is 0 Å². The molecule has 2 aliphatic heterocycles. The molecule has 130 valence electrons. The maximum Gasteiger partial charge on any atom is 0.325 e. The van der Waals surface area contributed by atoms with E-state index >= 15 is 0 Å². The third kappa shape index (κ3) is 2.76. The first-order chi connectivity index (χ1) is 11.3. The van der Waals surface area contributed by atoms with Gasteiger partial charge in [-0.2, -0.15) is 5.10 Å². The summed E-state index contributed by atoms with van der Waals surface area (Å²) >= 11 is 0. The van der Waals surface area contributed by atoms with Gasteiger partial charge in [-0.25, -0.2) is 4.79 Å². The van der Waals surface area contributed by atoms with Gasteiger partial charge in [-0.3, -0.25) is 19.6 Å². The van der Waals surface area contributed by atoms with Crippen molar-refractivity contribution in [3.63, 3.8) is 0 Å². The average molecular weight is 333 g/mol. The van der Waals surface area contributed by atoms with Crippen LogP contribution in [0.3, 0.4) is 0 Å². The number of aryl methyl sites for hydroxylation is 1. The highest BCUT2D eigenvalue weighted by Gasteiger charge is 2.45. The number of aromatic nitrogens is 2. The van der Waals surface area contributed by atoms with Crippen molar-refractivity contribution in [2.45, 2.75) is 51.6 Å². The Labute approximate surface area is 140 Å². The number of urea groups is 1. The van der Waals surface area contributed by atoms with Crippen LogP contribution in [0.4, 0.5) is 4.79 Å². The minimum Gasteiger partial charge on any atom is -0.333 e. The predicted octanol–water partition coefficient (Wildman–Crippen LogP) is 1.10. The lowest BCUT2D eigenvalue weighted by atomic mass is 9.97. The van der Waals surface area contributed by atoms with Gasteiger partial charge in [0.2, 0.25) is 5.91 Å². The van der Waals surface area contributed by atoms with E-state index < -0.39 is 11.6 Å². The van der Waals surface area contributed by atoms with Gasteiger partial charge in [-0.1, -0.05) is 0 Å². The van der Waals surface area contributed by atoms with Crippen molar-refractivity contribution < 1.29 is 14.4 Å². The van der Waals surface area contributed by atoms with Crippen LogP contribution in [0.5, 0.6) is 0 Å². The summed E-state index contributed by atoms with van der Waals surface area (Å²) in [7, 11) is 0. The molecule has 1 aromatic rings. The van der Waals surface area contributed by atoms with Crippen LogP contribution in [0.1, 0.15) is 50.4 Å². The molecule has 8 nitrogen and oxygen atoms in total. The van der Waals surface area contributed by atoms with Gasteiger partial charge in [0.25, 0.3) is 5.91 Å². The second kappa shape index (κ2) is 5.92. The van der Waals surface area contributed by atoms with E-state index in [0.717, 1.165) is 35.4 Å². The average Bonchev–Trinajstić information content (AvgIpc) is 3.04. The molecule has 0 bridgehead atoms. The summed E-state index contributed by atoms with van der Waals surface area (Å²) in [5.74, 6) is -0.581. The molecule has 3 rings (SSSR count). The summed E-state index contributed by atoms with van der Waals surface area (Å²) in [6.45, 7) is 5.62. The number of carbonyl (C=O) groups is 3. The molecule has 0 radical (unpaired) electrons. The minimum absolute atomic E-state index is 0.0810. The van der Waals surface area contributed by atoms with Gasteiger partial charge in [0.05, 0.1) is 17.9 Å². The van der Waals surface area contributed by atoms with Gasteiger partial charge in [-0.05, 0) is 45.6 Å². The highest BCUT2D eigenvalue weighted by Crippen LogP contribution is 2.31. The molecule has 0 unspecified atom stereocenters. The standard InChI is InChI=1S/C16H23N5O3/c1-10-8-17-19-13(10)11-6-4-5-7-20(11)12(22)9-21-14(23)16(2,3)18-15(21)24/h8,11H,4-7,9H2,1-3H3,(H,17,19)(H,18,24)/t11-/m0/s1. The molecule has 1 aromatic heterocycles. The summed E-state index contributed by atoms with van der Waals surface area (Å²) in [5, 5.41) is 9.63. The molecular weight excluding hydrogens is 310 g/mol. The maximum absolute atomic E-state index is 12.8. The number of nitrogens with one attached hydrogen (secondary N) is 2. The van der Waals surface area contributed by atoms with Crippen LogP contribution in [0, 0.1) is 6.92 Å². The molecule has 0 aliphatic carbocycles. The monoisotopic (exact) mass is 333 g/mol. The zero-order valence-electron chi connectivity index (χ0n) is 14.3. The number of amides is 4. The van der Waals surface area contributed by atoms with Gasteiger partial charge in [0.1, 0.15) is 12.1 Å². The van der Waals surface area contributed by atoms with Crippen molar-refractivity contribution in [3.8, 4) is 0 Å². The third-order valence-electron chi connectivity index (χ3n) is 4.76. The Morgan fingerprint density at radius 2 is 2.12 bits per heavy atom. The normalized spacial score (nSPS) is 23.5. The Morgan fingerprint density at radius 3 is 2.71 bits per heavy atom. The summed E-state index contributed by atoms with van der Waals surface area (Å²) in [6, 6.07) is -0.591. The lowest BCUT2D eigenvalue weighted by Crippen LogP contribution is -2.47. The van der Waals surface area contributed by atoms with Crippen LogP contribution in [-0.2, 0) is 9.59 Å². The number of nitrogens with zero attached hydrogens (tertiary/aromatic N) is 3. The van der Waals surface area contributed by atoms with Crippen LogP contribution >= 0.6 is 0 Å². The van der Waals surface area contributed by atoms with Gasteiger partial charge in [0.15, 0.2) is 0 Å². The molecule has 2 saturated heterocycles. The zero-order chi connectivity index (χ0) is 17.5. The quantitative estimate of drug-likeness (QED) is 0.809. The Hall–Kier alpha value is -2.38. The summed E-state index contributed by atoms with van der Waals surface area (Å²) in [5.41, 5.74) is 0.981. The fourth-order valence-electron chi connectivity index (χ4n) is 3.41. The summed E-state index contributed by atoms with van der Waals surface area (Å²) < 4.78 is 0. The van der Waals surface area contributed by atoms with Gasteiger partial charge in [0, 0.05) is 6.54 Å². The number of H-pyrrole nitrogens is 1. The number of hydrogen-bond donors (Lipinski definition) is 2. The van der Waals surface area contributed by atoms with Crippen molar-refractivity contribution in [3.05, 3.63) is 17.5 Å². The maximum atomic E-state index is 12.8. The number of rotatable bonds is 3. The van der Waals surface area contributed by atoms with Crippen LogP contribution in [-0.4, -0.2) is 56.5 Å². The smallest absolute Gasteiger partial charge is 0.325 e. The molecule has 0 spiro atoms. The van der Waals surface area contributed by atoms with Crippen LogP contribution < -0.4 is 5.32 Å². The van der Waals surface area contributed by atoms with E-state index in [-0.39, 0.29) is 24.4 Å². The SMILES string of the molecule is Cc1cn[nH]c1[C@@H]1CCCCN1C(=O)CN1C(=O)NC(C)(C)C1=O. The van der Waals surface area contributed by atoms with Crippen molar-refractivity contribution in [1.82, 2.24) is 25.3 Å². The highest BCUT2D eigenvalue weighted by molar-refractivity contribution is 6.08. The first-order valence-corrected chi connectivity index (χ1v) is 8.24. The number of imide groups is 1. The summed E-state index contributed by atoms with van der Waals surface area (Å²) in [4.78, 5) is 39.8. The fraction of sp³-hybridized carbons (Fsp3) is 0.625. The van der Waals surface area contributed by atoms with E-state index in [1.54, 1.807) is 24.9 Å². The molecule has 0 aromatic carbocycles. The number of hydrogen-bond acceptors (Lipinski definition) is 4. The molecule has 4 amide bonds. The van der Waals surface area contributed by atoms with Crippen LogP contribution in [0.15, 0.2) is 6.20 Å². The minimum atomic E-state index is -0.960.